The number of dihydropyridines is 1. The number of alkyl halides is 2. The van der Waals surface area contributed by atoms with Crippen LogP contribution in [-0.2, 0) is 16.6 Å². The Hall–Kier alpha value is -3.85. The van der Waals surface area contributed by atoms with Gasteiger partial charge in [0, 0.05) is 41.8 Å². The fourth-order valence-corrected chi connectivity index (χ4v) is 3.69. The van der Waals surface area contributed by atoms with Gasteiger partial charge in [0.05, 0.1) is 11.2 Å². The molecule has 0 bridgehead atoms. The molecule has 35 heavy (non-hydrogen) atoms. The average Bonchev–Trinajstić information content (AvgIpc) is 3.13. The van der Waals surface area contributed by atoms with Gasteiger partial charge in [-0.3, -0.25) is 14.5 Å². The SMILES string of the molecule is Cc1c2cc(N(C)/N=C3/C=CC(OCC(F)F)=N/C3=C(/C=O)c3ccc(Cl)cc3)ccc2nn1C. The van der Waals surface area contributed by atoms with E-state index in [0.29, 0.717) is 22.6 Å². The Balaban J connectivity index is 1.78. The zero-order chi connectivity index (χ0) is 25.1. The number of ether oxygens (including phenoxy) is 1. The van der Waals surface area contributed by atoms with Crippen molar-refractivity contribution in [3.63, 3.8) is 0 Å². The number of aliphatic imine (C=N–C) groups is 1. The van der Waals surface area contributed by atoms with Crippen LogP contribution in [-0.4, -0.2) is 47.8 Å². The lowest BCUT2D eigenvalue weighted by atomic mass is 10.0. The van der Waals surface area contributed by atoms with Crippen LogP contribution in [0.5, 0.6) is 0 Å². The van der Waals surface area contributed by atoms with Gasteiger partial charge in [-0.2, -0.15) is 10.2 Å². The Kier molecular flexibility index (Phi) is 7.07. The van der Waals surface area contributed by atoms with Gasteiger partial charge in [-0.15, -0.1) is 0 Å². The summed E-state index contributed by atoms with van der Waals surface area (Å²) < 4.78 is 32.2. The quantitative estimate of drug-likeness (QED) is 0.267. The summed E-state index contributed by atoms with van der Waals surface area (Å²) in [5, 5.41) is 12.3. The van der Waals surface area contributed by atoms with E-state index in [1.165, 1.54) is 6.08 Å². The smallest absolute Gasteiger partial charge is 0.272 e. The summed E-state index contributed by atoms with van der Waals surface area (Å²) in [7, 11) is 3.65. The van der Waals surface area contributed by atoms with Crippen molar-refractivity contribution < 1.29 is 18.3 Å². The molecule has 180 valence electrons. The number of halogens is 3. The van der Waals surface area contributed by atoms with Crippen LogP contribution >= 0.6 is 11.6 Å². The van der Waals surface area contributed by atoms with Crippen molar-refractivity contribution in [3.8, 4) is 0 Å². The molecule has 1 aliphatic rings. The predicted molar refractivity (Wildman–Crippen MR) is 134 cm³/mol. The number of nitrogens with zero attached hydrogens (tertiary/aromatic N) is 5. The van der Waals surface area contributed by atoms with Crippen LogP contribution in [0.3, 0.4) is 0 Å². The summed E-state index contributed by atoms with van der Waals surface area (Å²) in [5.41, 5.74) is 3.99. The molecular formula is C25H22ClF2N5O2. The molecule has 0 atom stereocenters. The molecule has 0 spiro atoms. The molecule has 4 rings (SSSR count). The fourth-order valence-electron chi connectivity index (χ4n) is 3.56. The maximum absolute atomic E-state index is 12.7. The van der Waals surface area contributed by atoms with Crippen LogP contribution in [0.2, 0.25) is 5.02 Å². The number of hydrazone groups is 1. The van der Waals surface area contributed by atoms with E-state index in [0.717, 1.165) is 22.3 Å². The number of hydrogen-bond donors (Lipinski definition) is 0. The zero-order valence-electron chi connectivity index (χ0n) is 19.2. The van der Waals surface area contributed by atoms with Crippen molar-refractivity contribution in [2.24, 2.45) is 17.1 Å². The van der Waals surface area contributed by atoms with Crippen LogP contribution in [0.4, 0.5) is 14.5 Å². The first kappa shape index (κ1) is 24.3. The topological polar surface area (TPSA) is 72.1 Å². The second kappa shape index (κ2) is 10.2. The Bertz CT molecular complexity index is 1390. The second-order valence-electron chi connectivity index (χ2n) is 7.79. The van der Waals surface area contributed by atoms with E-state index in [2.05, 4.69) is 15.2 Å². The maximum Gasteiger partial charge on any atom is 0.272 e. The number of aldehydes is 1. The zero-order valence-corrected chi connectivity index (χ0v) is 20.0. The van der Waals surface area contributed by atoms with Crippen LogP contribution < -0.4 is 5.01 Å². The Morgan fingerprint density at radius 3 is 2.66 bits per heavy atom. The van der Waals surface area contributed by atoms with Gasteiger partial charge >= 0.3 is 0 Å². The number of carbonyl (C=O) groups excluding carboxylic acids is 1. The third kappa shape index (κ3) is 5.30. The summed E-state index contributed by atoms with van der Waals surface area (Å²) >= 11 is 5.99. The number of benzene rings is 2. The minimum atomic E-state index is -2.66. The summed E-state index contributed by atoms with van der Waals surface area (Å²) in [6.45, 7) is 1.17. The molecule has 0 aliphatic carbocycles. The highest BCUT2D eigenvalue weighted by Crippen LogP contribution is 2.27. The third-order valence-electron chi connectivity index (χ3n) is 5.48. The highest BCUT2D eigenvalue weighted by Gasteiger charge is 2.20. The third-order valence-corrected chi connectivity index (χ3v) is 5.73. The van der Waals surface area contributed by atoms with Gasteiger partial charge in [0.2, 0.25) is 5.90 Å². The normalized spacial score (nSPS) is 16.1. The van der Waals surface area contributed by atoms with Gasteiger partial charge in [0.15, 0.2) is 12.9 Å². The number of aryl methyl sites for hydroxylation is 2. The molecule has 2 heterocycles. The van der Waals surface area contributed by atoms with Crippen molar-refractivity contribution in [1.82, 2.24) is 9.78 Å². The van der Waals surface area contributed by atoms with Crippen molar-refractivity contribution in [2.75, 3.05) is 18.7 Å². The van der Waals surface area contributed by atoms with Crippen LogP contribution in [0.25, 0.3) is 16.5 Å². The highest BCUT2D eigenvalue weighted by molar-refractivity contribution is 6.31. The van der Waals surface area contributed by atoms with E-state index in [9.17, 15) is 13.6 Å². The number of hydrogen-bond acceptors (Lipinski definition) is 6. The number of rotatable bonds is 6. The summed E-state index contributed by atoms with van der Waals surface area (Å²) in [5.74, 6) is -0.0392. The van der Waals surface area contributed by atoms with Crippen molar-refractivity contribution in [3.05, 3.63) is 76.6 Å². The monoisotopic (exact) mass is 497 g/mol. The van der Waals surface area contributed by atoms with Crippen LogP contribution in [0.1, 0.15) is 11.3 Å². The van der Waals surface area contributed by atoms with Crippen molar-refractivity contribution >= 4 is 51.7 Å². The first-order chi connectivity index (χ1) is 16.8. The lowest BCUT2D eigenvalue weighted by molar-refractivity contribution is -0.103. The Morgan fingerprint density at radius 2 is 1.97 bits per heavy atom. The van der Waals surface area contributed by atoms with E-state index in [1.54, 1.807) is 42.4 Å². The molecule has 0 N–H and O–H groups in total. The van der Waals surface area contributed by atoms with E-state index in [1.807, 2.05) is 36.9 Å². The number of fused-ring (bicyclic) bond motifs is 1. The molecule has 7 nitrogen and oxygen atoms in total. The molecule has 0 saturated carbocycles. The van der Waals surface area contributed by atoms with E-state index in [-0.39, 0.29) is 17.2 Å². The maximum atomic E-state index is 12.7. The number of aromatic nitrogens is 2. The number of anilines is 1. The summed E-state index contributed by atoms with van der Waals surface area (Å²) in [4.78, 5) is 16.5. The standard InChI is InChI=1S/C25H22ClF2N5O2/c1-15-19-12-18(8-9-21(19)30-32(15)2)33(3)31-22-10-11-24(35-14-23(27)28)29-25(22)20(13-34)16-4-6-17(26)7-5-16/h4-13,23H,14H2,1-3H3/b25-20-,31-22-. The van der Waals surface area contributed by atoms with E-state index < -0.39 is 13.0 Å². The van der Waals surface area contributed by atoms with Crippen LogP contribution in [0, 0.1) is 6.92 Å². The molecule has 2 aromatic carbocycles. The second-order valence-corrected chi connectivity index (χ2v) is 8.23. The van der Waals surface area contributed by atoms with Gasteiger partial charge in [0.25, 0.3) is 6.43 Å². The van der Waals surface area contributed by atoms with Gasteiger partial charge in [-0.1, -0.05) is 23.7 Å². The van der Waals surface area contributed by atoms with Crippen LogP contribution in [0.15, 0.2) is 70.4 Å². The lowest BCUT2D eigenvalue weighted by Gasteiger charge is -2.19. The molecular weight excluding hydrogens is 476 g/mol. The highest BCUT2D eigenvalue weighted by atomic mass is 35.5. The van der Waals surface area contributed by atoms with Gasteiger partial charge in [0.1, 0.15) is 11.4 Å². The summed E-state index contributed by atoms with van der Waals surface area (Å²) in [6, 6.07) is 12.4. The average molecular weight is 498 g/mol. The predicted octanol–water partition coefficient (Wildman–Crippen LogP) is 5.19. The molecule has 1 aliphatic heterocycles. The Labute approximate surface area is 205 Å². The molecule has 0 fully saturated rings. The number of allylic oxidation sites excluding steroid dienone is 2. The minimum absolute atomic E-state index is 0.0392. The first-order valence-corrected chi connectivity index (χ1v) is 11.0. The summed E-state index contributed by atoms with van der Waals surface area (Å²) in [6.07, 6.45) is 1.00. The van der Waals surface area contributed by atoms with Crippen molar-refractivity contribution in [1.29, 1.82) is 0 Å². The molecule has 3 aromatic rings. The minimum Gasteiger partial charge on any atom is -0.472 e. The molecule has 1 aromatic heterocycles. The van der Waals surface area contributed by atoms with Gasteiger partial charge in [-0.25, -0.2) is 13.8 Å². The van der Waals surface area contributed by atoms with E-state index >= 15 is 0 Å². The first-order valence-electron chi connectivity index (χ1n) is 10.7. The lowest BCUT2D eigenvalue weighted by Crippen LogP contribution is -2.19. The van der Waals surface area contributed by atoms with Crippen molar-refractivity contribution in [2.45, 2.75) is 13.3 Å². The molecule has 0 amide bonds. The molecule has 0 saturated heterocycles. The molecule has 0 radical (unpaired) electrons. The van der Waals surface area contributed by atoms with Gasteiger partial charge in [-0.05, 0) is 48.9 Å². The largest absolute Gasteiger partial charge is 0.472 e. The van der Waals surface area contributed by atoms with Gasteiger partial charge < -0.3 is 4.74 Å². The molecule has 0 unspecified atom stereocenters. The fraction of sp³-hybridized carbons (Fsp3) is 0.200. The van der Waals surface area contributed by atoms with E-state index in [4.69, 9.17) is 16.3 Å². The molecule has 10 heteroatoms. The number of carbonyl (C=O) groups is 1. The Morgan fingerprint density at radius 1 is 1.23 bits per heavy atom.